The fraction of sp³-hybridized carbons (Fsp3) is 0.400. The summed E-state index contributed by atoms with van der Waals surface area (Å²) in [6, 6.07) is 10.9. The second kappa shape index (κ2) is 5.37. The van der Waals surface area contributed by atoms with Gasteiger partial charge in [-0.05, 0) is 6.17 Å². The van der Waals surface area contributed by atoms with Gasteiger partial charge in [0, 0.05) is 0 Å². The molecule has 1 rings (SSSR count). The van der Waals surface area contributed by atoms with Crippen LogP contribution in [-0.4, -0.2) is 23.9 Å². The summed E-state index contributed by atoms with van der Waals surface area (Å²) in [6.45, 7) is 7.09. The molecule has 13 heavy (non-hydrogen) atoms. The van der Waals surface area contributed by atoms with Crippen LogP contribution in [0.25, 0.3) is 0 Å². The van der Waals surface area contributed by atoms with Crippen molar-refractivity contribution in [1.82, 2.24) is 4.98 Å². The molecular weight excluding hydrogens is 190 g/mol. The van der Waals surface area contributed by atoms with Gasteiger partial charge in [0.1, 0.15) is 8.96 Å². The maximum atomic E-state index is 3.64. The lowest BCUT2D eigenvalue weighted by Gasteiger charge is -2.13. The van der Waals surface area contributed by atoms with E-state index in [-0.39, 0.29) is 0 Å². The predicted molar refractivity (Wildman–Crippen MR) is 66.0 cm³/mol. The Morgan fingerprint density at radius 2 is 1.69 bits per heavy atom. The Kier molecular flexibility index (Phi) is 4.41. The van der Waals surface area contributed by atoms with Crippen LogP contribution in [0.15, 0.2) is 30.3 Å². The largest absolute Gasteiger partial charge is 0.342 e. The minimum atomic E-state index is -0.693. The van der Waals surface area contributed by atoms with Crippen LogP contribution in [0.5, 0.6) is 0 Å². The zero-order valence-corrected chi connectivity index (χ0v) is 11.1. The van der Waals surface area contributed by atoms with Gasteiger partial charge in [-0.2, -0.15) is 0 Å². The molecule has 0 radical (unpaired) electrons. The molecule has 0 aliphatic rings. The fourth-order valence-corrected chi connectivity index (χ4v) is 5.73. The Morgan fingerprint density at radius 3 is 2.23 bits per heavy atom. The molecule has 72 valence electrons. The summed E-state index contributed by atoms with van der Waals surface area (Å²) in [5, 5.41) is 1.57. The normalized spacial score (nSPS) is 13.2. The number of hydrogen-bond donors (Lipinski definition) is 1. The van der Waals surface area contributed by atoms with Crippen molar-refractivity contribution >= 4 is 22.9 Å². The second-order valence-electron chi connectivity index (χ2n) is 3.87. The minimum absolute atomic E-state index is 0.565. The maximum Gasteiger partial charge on any atom is 0.102 e. The first kappa shape index (κ1) is 10.7. The Labute approximate surface area is 84.5 Å². The standard InChI is InChI=1S/C10H19NSi2/c1-12(2)11-9-13(3)10-7-5-4-6-8-10/h4-8,11-13H,9H2,1-3H3. The Bertz CT molecular complexity index is 236. The molecule has 0 heterocycles. The Hall–Kier alpha value is -0.386. The molecule has 1 N–H and O–H groups in total. The average molecular weight is 209 g/mol. The van der Waals surface area contributed by atoms with Crippen molar-refractivity contribution in [3.63, 3.8) is 0 Å². The van der Waals surface area contributed by atoms with E-state index in [1.807, 2.05) is 0 Å². The minimum Gasteiger partial charge on any atom is -0.342 e. The third-order valence-electron chi connectivity index (χ3n) is 2.20. The number of benzene rings is 1. The summed E-state index contributed by atoms with van der Waals surface area (Å²) in [7, 11) is -1.26. The molecule has 0 spiro atoms. The van der Waals surface area contributed by atoms with Gasteiger partial charge < -0.3 is 4.98 Å². The molecule has 1 nitrogen and oxygen atoms in total. The lowest BCUT2D eigenvalue weighted by atomic mass is 10.4. The Morgan fingerprint density at radius 1 is 1.08 bits per heavy atom. The van der Waals surface area contributed by atoms with Crippen molar-refractivity contribution in [3.05, 3.63) is 30.3 Å². The summed E-state index contributed by atoms with van der Waals surface area (Å²) < 4.78 is 0. The van der Waals surface area contributed by atoms with Gasteiger partial charge in [0.25, 0.3) is 0 Å². The highest BCUT2D eigenvalue weighted by Gasteiger charge is 2.06. The molecule has 3 heteroatoms. The van der Waals surface area contributed by atoms with E-state index in [1.54, 1.807) is 5.19 Å². The van der Waals surface area contributed by atoms with E-state index >= 15 is 0 Å². The van der Waals surface area contributed by atoms with Crippen LogP contribution in [0, 0.1) is 0 Å². The van der Waals surface area contributed by atoms with Gasteiger partial charge in [-0.1, -0.05) is 55.2 Å². The van der Waals surface area contributed by atoms with E-state index < -0.39 is 17.8 Å². The van der Waals surface area contributed by atoms with Crippen LogP contribution in [0.4, 0.5) is 0 Å². The van der Waals surface area contributed by atoms with E-state index in [1.165, 1.54) is 6.17 Å². The van der Waals surface area contributed by atoms with E-state index in [2.05, 4.69) is 55.0 Å². The summed E-state index contributed by atoms with van der Waals surface area (Å²) in [4.78, 5) is 3.64. The quantitative estimate of drug-likeness (QED) is 0.726. The maximum absolute atomic E-state index is 3.64. The van der Waals surface area contributed by atoms with Crippen LogP contribution in [-0.2, 0) is 0 Å². The van der Waals surface area contributed by atoms with Crippen molar-refractivity contribution in [2.75, 3.05) is 6.17 Å². The molecule has 0 saturated heterocycles. The van der Waals surface area contributed by atoms with E-state index in [4.69, 9.17) is 0 Å². The molecule has 1 aromatic carbocycles. The smallest absolute Gasteiger partial charge is 0.102 e. The first-order chi connectivity index (χ1) is 6.20. The third kappa shape index (κ3) is 3.89. The molecule has 0 aromatic heterocycles. The van der Waals surface area contributed by atoms with Crippen LogP contribution in [0.3, 0.4) is 0 Å². The second-order valence-corrected chi connectivity index (χ2v) is 9.47. The predicted octanol–water partition coefficient (Wildman–Crippen LogP) is 0.863. The zero-order valence-electron chi connectivity index (χ0n) is 8.75. The van der Waals surface area contributed by atoms with E-state index in [0.717, 1.165) is 0 Å². The molecule has 0 aliphatic heterocycles. The molecule has 1 aromatic rings. The van der Waals surface area contributed by atoms with Gasteiger partial charge in [-0.3, -0.25) is 0 Å². The van der Waals surface area contributed by atoms with Crippen LogP contribution in [0.1, 0.15) is 0 Å². The lowest BCUT2D eigenvalue weighted by Crippen LogP contribution is -2.42. The highest BCUT2D eigenvalue weighted by molar-refractivity contribution is 6.73. The summed E-state index contributed by atoms with van der Waals surface area (Å²) in [5.74, 6) is 0. The number of rotatable bonds is 4. The topological polar surface area (TPSA) is 12.0 Å². The molecule has 1 atom stereocenters. The molecule has 0 saturated carbocycles. The van der Waals surface area contributed by atoms with E-state index in [0.29, 0.717) is 0 Å². The van der Waals surface area contributed by atoms with Gasteiger partial charge in [0.15, 0.2) is 0 Å². The molecular formula is C10H19NSi2. The monoisotopic (exact) mass is 209 g/mol. The lowest BCUT2D eigenvalue weighted by molar-refractivity contribution is 1.13. The van der Waals surface area contributed by atoms with Gasteiger partial charge in [0.05, 0.1) is 8.80 Å². The van der Waals surface area contributed by atoms with Crippen molar-refractivity contribution < 1.29 is 0 Å². The molecule has 1 unspecified atom stereocenters. The summed E-state index contributed by atoms with van der Waals surface area (Å²) >= 11 is 0. The number of nitrogens with one attached hydrogen (secondary N) is 1. The van der Waals surface area contributed by atoms with Crippen molar-refractivity contribution in [1.29, 1.82) is 0 Å². The first-order valence-corrected chi connectivity index (χ1v) is 10.4. The number of hydrogen-bond acceptors (Lipinski definition) is 1. The highest BCUT2D eigenvalue weighted by atomic mass is 28.3. The molecule has 0 fully saturated rings. The summed E-state index contributed by atoms with van der Waals surface area (Å²) in [5.41, 5.74) is 0. The van der Waals surface area contributed by atoms with Gasteiger partial charge in [-0.25, -0.2) is 0 Å². The van der Waals surface area contributed by atoms with Crippen molar-refractivity contribution in [3.8, 4) is 0 Å². The van der Waals surface area contributed by atoms with E-state index in [9.17, 15) is 0 Å². The zero-order chi connectivity index (χ0) is 9.68. The van der Waals surface area contributed by atoms with Gasteiger partial charge in [0.2, 0.25) is 0 Å². The highest BCUT2D eigenvalue weighted by Crippen LogP contribution is 1.87. The molecule has 0 amide bonds. The molecule has 0 bridgehead atoms. The molecule has 0 aliphatic carbocycles. The summed E-state index contributed by atoms with van der Waals surface area (Å²) in [6.07, 6.45) is 1.26. The van der Waals surface area contributed by atoms with Gasteiger partial charge in [-0.15, -0.1) is 0 Å². The van der Waals surface area contributed by atoms with Crippen LogP contribution in [0.2, 0.25) is 19.6 Å². The average Bonchev–Trinajstić information content (AvgIpc) is 2.15. The van der Waals surface area contributed by atoms with Crippen molar-refractivity contribution in [2.24, 2.45) is 0 Å². The fourth-order valence-electron chi connectivity index (χ4n) is 1.31. The van der Waals surface area contributed by atoms with Crippen molar-refractivity contribution in [2.45, 2.75) is 19.6 Å². The SMILES string of the molecule is C[SiH](C)NC[SiH](C)c1ccccc1. The van der Waals surface area contributed by atoms with Gasteiger partial charge >= 0.3 is 0 Å². The Balaban J connectivity index is 2.44. The third-order valence-corrected chi connectivity index (χ3v) is 6.10. The van der Waals surface area contributed by atoms with Crippen LogP contribution >= 0.6 is 0 Å². The first-order valence-electron chi connectivity index (χ1n) is 4.98. The van der Waals surface area contributed by atoms with Crippen LogP contribution < -0.4 is 10.2 Å².